The van der Waals surface area contributed by atoms with Crippen LogP contribution in [-0.4, -0.2) is 16.2 Å². The standard InChI is InChI=1S/C9H14ClN3O/c1-5(10)8-12-13-9(14-8)11-6(2)7-3-4-7/h5-7H,3-4H2,1-2H3,(H,11,13). The highest BCUT2D eigenvalue weighted by Gasteiger charge is 2.28. The van der Waals surface area contributed by atoms with Crippen LogP contribution in [0.25, 0.3) is 0 Å². The van der Waals surface area contributed by atoms with Gasteiger partial charge in [0, 0.05) is 6.04 Å². The van der Waals surface area contributed by atoms with Gasteiger partial charge in [0.15, 0.2) is 0 Å². The predicted molar refractivity (Wildman–Crippen MR) is 54.4 cm³/mol. The zero-order chi connectivity index (χ0) is 10.1. The van der Waals surface area contributed by atoms with Crippen LogP contribution in [0.15, 0.2) is 4.42 Å². The van der Waals surface area contributed by atoms with Crippen molar-refractivity contribution in [2.45, 2.75) is 38.1 Å². The lowest BCUT2D eigenvalue weighted by atomic mass is 10.2. The molecule has 0 aromatic carbocycles. The predicted octanol–water partition coefficient (Wildman–Crippen LogP) is 2.58. The second kappa shape index (κ2) is 3.77. The molecule has 1 heterocycles. The second-order valence-electron chi connectivity index (χ2n) is 3.83. The Balaban J connectivity index is 1.95. The first kappa shape index (κ1) is 9.77. The number of halogens is 1. The van der Waals surface area contributed by atoms with Crippen LogP contribution < -0.4 is 5.32 Å². The van der Waals surface area contributed by atoms with E-state index in [1.54, 1.807) is 0 Å². The second-order valence-corrected chi connectivity index (χ2v) is 4.49. The molecule has 1 aliphatic rings. The number of anilines is 1. The van der Waals surface area contributed by atoms with Crippen molar-refractivity contribution in [2.75, 3.05) is 5.32 Å². The molecule has 1 aromatic heterocycles. The summed E-state index contributed by atoms with van der Waals surface area (Å²) in [4.78, 5) is 0. The third kappa shape index (κ3) is 2.18. The summed E-state index contributed by atoms with van der Waals surface area (Å²) in [5.41, 5.74) is 0. The van der Waals surface area contributed by atoms with Crippen LogP contribution in [-0.2, 0) is 0 Å². The Morgan fingerprint density at radius 2 is 2.14 bits per heavy atom. The average molecular weight is 216 g/mol. The highest BCUT2D eigenvalue weighted by Crippen LogP contribution is 2.33. The maximum Gasteiger partial charge on any atom is 0.315 e. The largest absolute Gasteiger partial charge is 0.406 e. The number of nitrogens with one attached hydrogen (secondary N) is 1. The fourth-order valence-corrected chi connectivity index (χ4v) is 1.45. The maximum absolute atomic E-state index is 5.80. The molecule has 0 radical (unpaired) electrons. The number of aromatic nitrogens is 2. The Bertz CT molecular complexity index is 309. The molecule has 0 spiro atoms. The molecule has 2 unspecified atom stereocenters. The van der Waals surface area contributed by atoms with Gasteiger partial charge >= 0.3 is 6.01 Å². The Hall–Kier alpha value is -0.770. The van der Waals surface area contributed by atoms with Gasteiger partial charge < -0.3 is 9.73 Å². The summed E-state index contributed by atoms with van der Waals surface area (Å²) in [6.07, 6.45) is 2.59. The normalized spacial score (nSPS) is 20.5. The number of alkyl halides is 1. The molecular formula is C9H14ClN3O. The van der Waals surface area contributed by atoms with Crippen LogP contribution in [0.3, 0.4) is 0 Å². The van der Waals surface area contributed by atoms with E-state index < -0.39 is 0 Å². The zero-order valence-corrected chi connectivity index (χ0v) is 9.08. The molecule has 1 fully saturated rings. The van der Waals surface area contributed by atoms with Crippen molar-refractivity contribution in [1.29, 1.82) is 0 Å². The molecule has 0 bridgehead atoms. The summed E-state index contributed by atoms with van der Waals surface area (Å²) in [5, 5.41) is 10.7. The first-order chi connectivity index (χ1) is 6.66. The molecule has 1 N–H and O–H groups in total. The number of rotatable bonds is 4. The van der Waals surface area contributed by atoms with Crippen LogP contribution in [0.2, 0.25) is 0 Å². The van der Waals surface area contributed by atoms with Crippen molar-refractivity contribution in [1.82, 2.24) is 10.2 Å². The van der Waals surface area contributed by atoms with E-state index >= 15 is 0 Å². The minimum absolute atomic E-state index is 0.228. The van der Waals surface area contributed by atoms with Gasteiger partial charge in [0.05, 0.1) is 0 Å². The summed E-state index contributed by atoms with van der Waals surface area (Å²) < 4.78 is 5.33. The number of hydrogen-bond acceptors (Lipinski definition) is 4. The highest BCUT2D eigenvalue weighted by atomic mass is 35.5. The molecule has 0 saturated heterocycles. The van der Waals surface area contributed by atoms with E-state index in [0.717, 1.165) is 5.92 Å². The van der Waals surface area contributed by atoms with Crippen LogP contribution in [0.1, 0.15) is 38.0 Å². The van der Waals surface area contributed by atoms with Crippen LogP contribution in [0.4, 0.5) is 6.01 Å². The van der Waals surface area contributed by atoms with Gasteiger partial charge in [-0.25, -0.2) is 0 Å². The monoisotopic (exact) mass is 215 g/mol. The Kier molecular flexibility index (Phi) is 2.63. The Morgan fingerprint density at radius 1 is 1.43 bits per heavy atom. The van der Waals surface area contributed by atoms with Crippen LogP contribution >= 0.6 is 11.6 Å². The van der Waals surface area contributed by atoms with E-state index in [9.17, 15) is 0 Å². The Morgan fingerprint density at radius 3 is 2.64 bits per heavy atom. The lowest BCUT2D eigenvalue weighted by Crippen LogP contribution is -2.17. The average Bonchev–Trinajstić information content (AvgIpc) is 2.87. The number of hydrogen-bond donors (Lipinski definition) is 1. The first-order valence-corrected chi connectivity index (χ1v) is 5.34. The fourth-order valence-electron chi connectivity index (χ4n) is 1.36. The minimum atomic E-state index is -0.228. The third-order valence-corrected chi connectivity index (χ3v) is 2.65. The lowest BCUT2D eigenvalue weighted by Gasteiger charge is -2.08. The van der Waals surface area contributed by atoms with Crippen molar-refractivity contribution in [3.63, 3.8) is 0 Å². The van der Waals surface area contributed by atoms with E-state index in [4.69, 9.17) is 16.0 Å². The van der Waals surface area contributed by atoms with Crippen LogP contribution in [0.5, 0.6) is 0 Å². The van der Waals surface area contributed by atoms with Crippen molar-refractivity contribution in [3.05, 3.63) is 5.89 Å². The fraction of sp³-hybridized carbons (Fsp3) is 0.778. The minimum Gasteiger partial charge on any atom is -0.406 e. The van der Waals surface area contributed by atoms with Crippen LogP contribution in [0, 0.1) is 5.92 Å². The van der Waals surface area contributed by atoms with Crippen molar-refractivity contribution in [3.8, 4) is 0 Å². The molecule has 0 amide bonds. The molecule has 14 heavy (non-hydrogen) atoms. The summed E-state index contributed by atoms with van der Waals surface area (Å²) in [6.45, 7) is 3.94. The molecule has 78 valence electrons. The summed E-state index contributed by atoms with van der Waals surface area (Å²) >= 11 is 5.80. The third-order valence-electron chi connectivity index (χ3n) is 2.46. The van der Waals surface area contributed by atoms with E-state index in [2.05, 4.69) is 22.4 Å². The maximum atomic E-state index is 5.80. The van der Waals surface area contributed by atoms with Crippen molar-refractivity contribution >= 4 is 17.6 Å². The first-order valence-electron chi connectivity index (χ1n) is 4.91. The highest BCUT2D eigenvalue weighted by molar-refractivity contribution is 6.20. The topological polar surface area (TPSA) is 51.0 Å². The SMILES string of the molecule is CC(Cl)c1nnc(NC(C)C2CC2)o1. The summed E-state index contributed by atoms with van der Waals surface area (Å²) in [5.74, 6) is 1.23. The molecule has 1 aliphatic carbocycles. The molecule has 2 atom stereocenters. The number of nitrogens with zero attached hydrogens (tertiary/aromatic N) is 2. The Labute approximate surface area is 88.0 Å². The van der Waals surface area contributed by atoms with Crippen molar-refractivity contribution in [2.24, 2.45) is 5.92 Å². The van der Waals surface area contributed by atoms with Gasteiger partial charge in [-0.2, -0.15) is 0 Å². The van der Waals surface area contributed by atoms with Gasteiger partial charge in [-0.1, -0.05) is 5.10 Å². The van der Waals surface area contributed by atoms with Gasteiger partial charge in [0.1, 0.15) is 5.38 Å². The lowest BCUT2D eigenvalue weighted by molar-refractivity contribution is 0.496. The van der Waals surface area contributed by atoms with E-state index in [-0.39, 0.29) is 5.38 Å². The van der Waals surface area contributed by atoms with E-state index in [1.165, 1.54) is 12.8 Å². The summed E-state index contributed by atoms with van der Waals surface area (Å²) in [6, 6.07) is 0.890. The smallest absolute Gasteiger partial charge is 0.315 e. The van der Waals surface area contributed by atoms with Gasteiger partial charge in [0.25, 0.3) is 0 Å². The van der Waals surface area contributed by atoms with Gasteiger partial charge in [-0.3, -0.25) is 0 Å². The molecular weight excluding hydrogens is 202 g/mol. The van der Waals surface area contributed by atoms with Gasteiger partial charge in [-0.05, 0) is 32.6 Å². The molecule has 1 aromatic rings. The quantitative estimate of drug-likeness (QED) is 0.785. The zero-order valence-electron chi connectivity index (χ0n) is 8.33. The van der Waals surface area contributed by atoms with Gasteiger partial charge in [0.2, 0.25) is 5.89 Å². The summed E-state index contributed by atoms with van der Waals surface area (Å²) in [7, 11) is 0. The van der Waals surface area contributed by atoms with E-state index in [1.807, 2.05) is 6.92 Å². The molecule has 5 heteroatoms. The van der Waals surface area contributed by atoms with Crippen molar-refractivity contribution < 1.29 is 4.42 Å². The van der Waals surface area contributed by atoms with Gasteiger partial charge in [-0.15, -0.1) is 16.7 Å². The molecule has 4 nitrogen and oxygen atoms in total. The van der Waals surface area contributed by atoms with E-state index in [0.29, 0.717) is 17.9 Å². The molecule has 2 rings (SSSR count). The molecule has 1 saturated carbocycles. The molecule has 0 aliphatic heterocycles.